The van der Waals surface area contributed by atoms with Crippen LogP contribution in [0.4, 0.5) is 0 Å². The highest BCUT2D eigenvalue weighted by Gasteiger charge is 2.09. The predicted octanol–water partition coefficient (Wildman–Crippen LogP) is 3.37. The topological polar surface area (TPSA) is 43.1 Å². The maximum atomic E-state index is 10.5. The van der Waals surface area contributed by atoms with E-state index in [0.717, 1.165) is 17.3 Å². The highest BCUT2D eigenvalue weighted by atomic mass is 32.1. The van der Waals surface area contributed by atoms with Gasteiger partial charge in [-0.05, 0) is 12.1 Å². The normalized spacial score (nSPS) is 10.8. The van der Waals surface area contributed by atoms with Crippen LogP contribution in [0.15, 0.2) is 40.1 Å². The molecule has 0 saturated heterocycles. The van der Waals surface area contributed by atoms with Gasteiger partial charge in [0.15, 0.2) is 17.1 Å². The largest absolute Gasteiger partial charge is 0.454 e. The van der Waals surface area contributed by atoms with Gasteiger partial charge >= 0.3 is 0 Å². The number of rotatable bonds is 2. The standard InChI is InChI=1S/C12H7NO2S/c14-6-12-13-9(7-16-12)11-5-8-3-1-2-4-10(8)15-11/h1-7H. The molecule has 3 rings (SSSR count). The number of carbonyl (C=O) groups is 1. The van der Waals surface area contributed by atoms with E-state index in [-0.39, 0.29) is 0 Å². The summed E-state index contributed by atoms with van der Waals surface area (Å²) in [6, 6.07) is 9.70. The molecule has 0 spiro atoms. The van der Waals surface area contributed by atoms with Crippen LogP contribution in [0.5, 0.6) is 0 Å². The van der Waals surface area contributed by atoms with Crippen LogP contribution >= 0.6 is 11.3 Å². The van der Waals surface area contributed by atoms with E-state index in [9.17, 15) is 4.79 Å². The van der Waals surface area contributed by atoms with E-state index < -0.39 is 0 Å². The van der Waals surface area contributed by atoms with Gasteiger partial charge in [0.05, 0.1) is 0 Å². The Morgan fingerprint density at radius 3 is 2.94 bits per heavy atom. The molecular formula is C12H7NO2S. The third kappa shape index (κ3) is 1.44. The van der Waals surface area contributed by atoms with Crippen molar-refractivity contribution in [1.29, 1.82) is 0 Å². The average Bonchev–Trinajstić information content (AvgIpc) is 2.95. The number of carbonyl (C=O) groups excluding carboxylic acids is 1. The number of aromatic nitrogens is 1. The number of hydrogen-bond acceptors (Lipinski definition) is 4. The van der Waals surface area contributed by atoms with Gasteiger partial charge < -0.3 is 4.42 Å². The lowest BCUT2D eigenvalue weighted by Gasteiger charge is -1.86. The Hall–Kier alpha value is -1.94. The van der Waals surface area contributed by atoms with Gasteiger partial charge in [0.25, 0.3) is 0 Å². The number of benzene rings is 1. The van der Waals surface area contributed by atoms with Crippen molar-refractivity contribution < 1.29 is 9.21 Å². The second kappa shape index (κ2) is 3.57. The third-order valence-electron chi connectivity index (χ3n) is 2.30. The molecule has 78 valence electrons. The Balaban J connectivity index is 2.14. The molecule has 0 amide bonds. The summed E-state index contributed by atoms with van der Waals surface area (Å²) in [6.45, 7) is 0. The molecule has 0 unspecified atom stereocenters. The number of nitrogens with zero attached hydrogens (tertiary/aromatic N) is 1. The first-order valence-corrected chi connectivity index (χ1v) is 5.64. The Kier molecular flexibility index (Phi) is 2.08. The van der Waals surface area contributed by atoms with E-state index >= 15 is 0 Å². The monoisotopic (exact) mass is 229 g/mol. The minimum absolute atomic E-state index is 0.468. The molecule has 0 aliphatic rings. The van der Waals surface area contributed by atoms with E-state index in [0.29, 0.717) is 16.5 Å². The van der Waals surface area contributed by atoms with Gasteiger partial charge in [-0.1, -0.05) is 18.2 Å². The molecule has 0 atom stereocenters. The molecule has 3 nitrogen and oxygen atoms in total. The summed E-state index contributed by atoms with van der Waals surface area (Å²) in [4.78, 5) is 14.7. The van der Waals surface area contributed by atoms with Crippen LogP contribution in [0.25, 0.3) is 22.4 Å². The van der Waals surface area contributed by atoms with Crippen LogP contribution in [-0.4, -0.2) is 11.3 Å². The summed E-state index contributed by atoms with van der Waals surface area (Å²) < 4.78 is 5.64. The van der Waals surface area contributed by atoms with Gasteiger partial charge in [-0.2, -0.15) is 0 Å². The van der Waals surface area contributed by atoms with Gasteiger partial charge in [0.1, 0.15) is 11.3 Å². The van der Waals surface area contributed by atoms with Crippen molar-refractivity contribution >= 4 is 28.6 Å². The molecule has 1 aromatic carbocycles. The van der Waals surface area contributed by atoms with Gasteiger partial charge in [0.2, 0.25) is 0 Å². The summed E-state index contributed by atoms with van der Waals surface area (Å²) in [5.74, 6) is 0.700. The van der Waals surface area contributed by atoms with E-state index in [1.54, 1.807) is 0 Å². The van der Waals surface area contributed by atoms with Gasteiger partial charge in [-0.3, -0.25) is 4.79 Å². The van der Waals surface area contributed by atoms with Crippen LogP contribution in [0.1, 0.15) is 9.80 Å². The van der Waals surface area contributed by atoms with Gasteiger partial charge in [0, 0.05) is 10.8 Å². The van der Waals surface area contributed by atoms with Crippen molar-refractivity contribution in [3.63, 3.8) is 0 Å². The molecular weight excluding hydrogens is 222 g/mol. The molecule has 0 radical (unpaired) electrons. The van der Waals surface area contributed by atoms with Crippen molar-refractivity contribution in [1.82, 2.24) is 4.98 Å². The molecule has 0 fully saturated rings. The first kappa shape index (κ1) is 9.30. The van der Waals surface area contributed by atoms with E-state index in [2.05, 4.69) is 4.98 Å². The molecule has 0 N–H and O–H groups in total. The molecule has 4 heteroatoms. The number of aldehydes is 1. The molecule has 3 aromatic rings. The SMILES string of the molecule is O=Cc1nc(-c2cc3ccccc3o2)cs1. The fourth-order valence-electron chi connectivity index (χ4n) is 1.56. The number of furan rings is 1. The Labute approximate surface area is 95.4 Å². The summed E-state index contributed by atoms with van der Waals surface area (Å²) in [7, 11) is 0. The summed E-state index contributed by atoms with van der Waals surface area (Å²) in [5, 5.41) is 3.33. The lowest BCUT2D eigenvalue weighted by Crippen LogP contribution is -1.76. The quantitative estimate of drug-likeness (QED) is 0.633. The van der Waals surface area contributed by atoms with Crippen LogP contribution in [-0.2, 0) is 0 Å². The lowest BCUT2D eigenvalue weighted by atomic mass is 10.2. The lowest BCUT2D eigenvalue weighted by molar-refractivity contribution is 0.112. The minimum atomic E-state index is 0.468. The first-order valence-electron chi connectivity index (χ1n) is 4.76. The number of hydrogen-bond donors (Lipinski definition) is 0. The van der Waals surface area contributed by atoms with Gasteiger partial charge in [-0.25, -0.2) is 4.98 Å². The smallest absolute Gasteiger partial charge is 0.178 e. The minimum Gasteiger partial charge on any atom is -0.454 e. The Bertz CT molecular complexity index is 621. The fraction of sp³-hybridized carbons (Fsp3) is 0. The number of fused-ring (bicyclic) bond motifs is 1. The van der Waals surface area contributed by atoms with Crippen molar-refractivity contribution in [3.05, 3.63) is 40.7 Å². The zero-order chi connectivity index (χ0) is 11.0. The summed E-state index contributed by atoms with van der Waals surface area (Å²) in [5.41, 5.74) is 1.54. The molecule has 16 heavy (non-hydrogen) atoms. The van der Waals surface area contributed by atoms with Crippen molar-refractivity contribution in [2.75, 3.05) is 0 Å². The zero-order valence-electron chi connectivity index (χ0n) is 8.21. The maximum absolute atomic E-state index is 10.5. The van der Waals surface area contributed by atoms with Crippen molar-refractivity contribution in [3.8, 4) is 11.5 Å². The molecule has 2 aromatic heterocycles. The Morgan fingerprint density at radius 2 is 2.19 bits per heavy atom. The van der Waals surface area contributed by atoms with E-state index in [1.165, 1.54) is 11.3 Å². The first-order chi connectivity index (χ1) is 7.86. The highest BCUT2D eigenvalue weighted by Crippen LogP contribution is 2.28. The van der Waals surface area contributed by atoms with Crippen LogP contribution in [0.3, 0.4) is 0 Å². The van der Waals surface area contributed by atoms with Crippen LogP contribution in [0, 0.1) is 0 Å². The Morgan fingerprint density at radius 1 is 1.31 bits per heavy atom. The molecule has 0 bridgehead atoms. The van der Waals surface area contributed by atoms with E-state index in [1.807, 2.05) is 35.7 Å². The maximum Gasteiger partial charge on any atom is 0.178 e. The van der Waals surface area contributed by atoms with E-state index in [4.69, 9.17) is 4.42 Å². The average molecular weight is 229 g/mol. The highest BCUT2D eigenvalue weighted by molar-refractivity contribution is 7.11. The van der Waals surface area contributed by atoms with Crippen molar-refractivity contribution in [2.24, 2.45) is 0 Å². The summed E-state index contributed by atoms with van der Waals surface area (Å²) >= 11 is 1.32. The second-order valence-electron chi connectivity index (χ2n) is 3.34. The molecule has 0 saturated carbocycles. The molecule has 2 heterocycles. The van der Waals surface area contributed by atoms with Gasteiger partial charge in [-0.15, -0.1) is 11.3 Å². The summed E-state index contributed by atoms with van der Waals surface area (Å²) in [6.07, 6.45) is 0.747. The number of thiazole rings is 1. The third-order valence-corrected chi connectivity index (χ3v) is 3.07. The fourth-order valence-corrected chi connectivity index (χ4v) is 2.17. The molecule has 0 aliphatic heterocycles. The van der Waals surface area contributed by atoms with Crippen LogP contribution in [0.2, 0.25) is 0 Å². The van der Waals surface area contributed by atoms with Crippen LogP contribution < -0.4 is 0 Å². The zero-order valence-corrected chi connectivity index (χ0v) is 9.03. The molecule has 0 aliphatic carbocycles. The predicted molar refractivity (Wildman–Crippen MR) is 62.7 cm³/mol. The number of para-hydroxylation sites is 1. The second-order valence-corrected chi connectivity index (χ2v) is 4.23. The van der Waals surface area contributed by atoms with Crippen molar-refractivity contribution in [2.45, 2.75) is 0 Å².